The lowest BCUT2D eigenvalue weighted by molar-refractivity contribution is 0.0585. The normalized spacial score (nSPS) is 10.8. The average Bonchev–Trinajstić information content (AvgIpc) is 3.01. The largest absolute Gasteiger partial charge is 0.507 e. The zero-order valence-corrected chi connectivity index (χ0v) is 25.2. The van der Waals surface area contributed by atoms with Crippen LogP contribution < -0.4 is 0 Å². The lowest BCUT2D eigenvalue weighted by Crippen LogP contribution is -2.14. The van der Waals surface area contributed by atoms with E-state index in [9.17, 15) is 60.0 Å². The molecule has 0 atom stereocenters. The molecule has 0 radical (unpaired) electrons. The second-order valence-electron chi connectivity index (χ2n) is 10.4. The van der Waals surface area contributed by atoms with E-state index in [1.807, 2.05) is 0 Å². The topological polar surface area (TPSA) is 249 Å². The maximum Gasteiger partial charge on any atom is 0.342 e. The summed E-state index contributed by atoms with van der Waals surface area (Å²) in [5, 5.41) is 85.5. The smallest absolute Gasteiger partial charge is 0.342 e. The highest BCUT2D eigenvalue weighted by Crippen LogP contribution is 2.44. The number of carbonyl (C=O) groups excluding carboxylic acids is 4. The van der Waals surface area contributed by atoms with E-state index in [-0.39, 0.29) is 22.3 Å². The summed E-state index contributed by atoms with van der Waals surface area (Å²) in [6.45, 7) is 2.86. The Morgan fingerprint density at radius 2 is 0.787 bits per heavy atom. The van der Waals surface area contributed by atoms with Gasteiger partial charge in [-0.15, -0.1) is 0 Å². The molecule has 0 fully saturated rings. The Balaban J connectivity index is 1.92. The van der Waals surface area contributed by atoms with Gasteiger partial charge in [0.15, 0.2) is 0 Å². The van der Waals surface area contributed by atoms with Crippen molar-refractivity contribution in [3.63, 3.8) is 0 Å². The van der Waals surface area contributed by atoms with Crippen molar-refractivity contribution in [2.45, 2.75) is 20.3 Å². The third-order valence-corrected chi connectivity index (χ3v) is 7.58. The van der Waals surface area contributed by atoms with Crippen molar-refractivity contribution in [1.82, 2.24) is 0 Å². The first kappa shape index (κ1) is 33.5. The van der Waals surface area contributed by atoms with Crippen LogP contribution in [0.25, 0.3) is 0 Å². The fourth-order valence-electron chi connectivity index (χ4n) is 5.21. The Hall–Kier alpha value is -6.44. The molecule has 8 N–H and O–H groups in total. The van der Waals surface area contributed by atoms with Crippen LogP contribution in [0.1, 0.15) is 74.8 Å². The second-order valence-corrected chi connectivity index (χ2v) is 10.4. The molecule has 244 valence electrons. The molecule has 0 saturated carbocycles. The summed E-state index contributed by atoms with van der Waals surface area (Å²) in [7, 11) is 1.92. The van der Waals surface area contributed by atoms with Gasteiger partial charge in [-0.25, -0.2) is 9.59 Å². The Bertz CT molecular complexity index is 1870. The summed E-state index contributed by atoms with van der Waals surface area (Å²) in [4.78, 5) is 52.1. The average molecular weight is 649 g/mol. The number of phenolic OH excluding ortho intramolecular Hbond substituents is 8. The highest BCUT2D eigenvalue weighted by Gasteiger charge is 2.33. The van der Waals surface area contributed by atoms with Gasteiger partial charge in [-0.05, 0) is 61.4 Å². The predicted octanol–water partition coefficient (Wildman–Crippen LogP) is 3.57. The van der Waals surface area contributed by atoms with Gasteiger partial charge in [0, 0.05) is 17.5 Å². The summed E-state index contributed by atoms with van der Waals surface area (Å²) in [5.41, 5.74) is -4.50. The fourth-order valence-corrected chi connectivity index (χ4v) is 5.21. The van der Waals surface area contributed by atoms with Gasteiger partial charge < -0.3 is 50.3 Å². The number of rotatable bonds is 8. The molecule has 0 aliphatic carbocycles. The summed E-state index contributed by atoms with van der Waals surface area (Å²) < 4.78 is 9.20. The summed E-state index contributed by atoms with van der Waals surface area (Å²) in [6, 6.07) is 5.82. The minimum atomic E-state index is -1.28. The van der Waals surface area contributed by atoms with Crippen LogP contribution in [-0.4, -0.2) is 78.6 Å². The number of aromatic hydroxyl groups is 8. The van der Waals surface area contributed by atoms with Crippen LogP contribution in [0.4, 0.5) is 0 Å². The van der Waals surface area contributed by atoms with Crippen LogP contribution in [0.15, 0.2) is 36.4 Å². The molecule has 0 spiro atoms. The van der Waals surface area contributed by atoms with Gasteiger partial charge in [-0.2, -0.15) is 0 Å². The molecule has 0 amide bonds. The second kappa shape index (κ2) is 12.5. The first-order valence-electron chi connectivity index (χ1n) is 13.5. The van der Waals surface area contributed by atoms with Crippen LogP contribution in [0.3, 0.4) is 0 Å². The number of methoxy groups -OCH3 is 2. The van der Waals surface area contributed by atoms with E-state index in [4.69, 9.17) is 0 Å². The number of phenols is 8. The SMILES string of the molecule is COC(=O)c1c(O)ccc(O)c1C(=O)c1c(O)cc(C)c(Cc2c(C)cc(O)c(C(=O)c3c(O)ccc(O)c3C(=O)OC)c2O)c1O. The van der Waals surface area contributed by atoms with Gasteiger partial charge >= 0.3 is 11.9 Å². The zero-order valence-electron chi connectivity index (χ0n) is 25.2. The van der Waals surface area contributed by atoms with Crippen molar-refractivity contribution in [2.75, 3.05) is 14.2 Å². The van der Waals surface area contributed by atoms with Gasteiger partial charge in [0.25, 0.3) is 0 Å². The molecule has 0 aliphatic rings. The molecule has 4 rings (SSSR count). The number of esters is 2. The van der Waals surface area contributed by atoms with Crippen molar-refractivity contribution in [3.8, 4) is 46.0 Å². The summed E-state index contributed by atoms with van der Waals surface area (Å²) in [5.74, 6) is -11.3. The van der Waals surface area contributed by atoms with E-state index in [1.165, 1.54) is 13.8 Å². The maximum absolute atomic E-state index is 13.7. The minimum Gasteiger partial charge on any atom is -0.507 e. The monoisotopic (exact) mass is 648 g/mol. The molecule has 0 saturated heterocycles. The van der Waals surface area contributed by atoms with Crippen molar-refractivity contribution >= 4 is 23.5 Å². The van der Waals surface area contributed by atoms with Gasteiger partial charge in [0.2, 0.25) is 11.6 Å². The number of hydrogen-bond acceptors (Lipinski definition) is 14. The van der Waals surface area contributed by atoms with E-state index in [0.29, 0.717) is 0 Å². The maximum atomic E-state index is 13.7. The fraction of sp³-hybridized carbons (Fsp3) is 0.152. The Labute approximate surface area is 265 Å². The van der Waals surface area contributed by atoms with E-state index in [1.54, 1.807) is 0 Å². The molecule has 47 heavy (non-hydrogen) atoms. The van der Waals surface area contributed by atoms with E-state index in [0.717, 1.165) is 50.6 Å². The zero-order chi connectivity index (χ0) is 35.1. The van der Waals surface area contributed by atoms with Crippen LogP contribution in [-0.2, 0) is 15.9 Å². The third kappa shape index (κ3) is 5.63. The summed E-state index contributed by atoms with van der Waals surface area (Å²) >= 11 is 0. The highest BCUT2D eigenvalue weighted by atomic mass is 16.5. The van der Waals surface area contributed by atoms with Crippen LogP contribution in [0, 0.1) is 13.8 Å². The first-order valence-corrected chi connectivity index (χ1v) is 13.5. The molecule has 14 heteroatoms. The van der Waals surface area contributed by atoms with Gasteiger partial charge in [-0.1, -0.05) is 0 Å². The van der Waals surface area contributed by atoms with E-state index < -0.39 is 109 Å². The quantitative estimate of drug-likeness (QED) is 0.0773. The molecule has 0 heterocycles. The van der Waals surface area contributed by atoms with E-state index >= 15 is 0 Å². The number of ketones is 2. The van der Waals surface area contributed by atoms with Crippen molar-refractivity contribution in [3.05, 3.63) is 92.0 Å². The van der Waals surface area contributed by atoms with Crippen LogP contribution in [0.5, 0.6) is 46.0 Å². The van der Waals surface area contributed by atoms with Crippen LogP contribution >= 0.6 is 0 Å². The summed E-state index contributed by atoms with van der Waals surface area (Å²) in [6.07, 6.45) is -0.456. The molecule has 14 nitrogen and oxygen atoms in total. The highest BCUT2D eigenvalue weighted by molar-refractivity contribution is 6.20. The van der Waals surface area contributed by atoms with Gasteiger partial charge in [0.05, 0.1) is 25.3 Å². The Morgan fingerprint density at radius 1 is 0.489 bits per heavy atom. The van der Waals surface area contributed by atoms with Crippen LogP contribution in [0.2, 0.25) is 0 Å². The molecule has 4 aromatic rings. The standard InChI is InChI=1S/C33H28O14/c1-12-9-20(38)26(30(42)22-16(34)5-7-18(36)24(22)32(44)46-3)28(40)14(12)11-15-13(2)10-21(39)27(29(15)41)31(43)23-17(35)6-8-19(37)25(23)33(45)47-4/h5-10,34-41H,11H2,1-4H3. The molecular formula is C33H28O14. The van der Waals surface area contributed by atoms with Crippen molar-refractivity contribution in [2.24, 2.45) is 0 Å². The number of benzene rings is 4. The molecule has 0 bridgehead atoms. The number of carbonyl (C=O) groups is 4. The van der Waals surface area contributed by atoms with Crippen molar-refractivity contribution < 1.29 is 69.5 Å². The molecule has 0 aliphatic heterocycles. The van der Waals surface area contributed by atoms with E-state index in [2.05, 4.69) is 9.47 Å². The Kier molecular flexibility index (Phi) is 8.91. The first-order chi connectivity index (χ1) is 22.1. The Morgan fingerprint density at radius 3 is 1.09 bits per heavy atom. The number of ether oxygens (including phenoxy) is 2. The molecule has 0 aromatic heterocycles. The third-order valence-electron chi connectivity index (χ3n) is 7.58. The minimum absolute atomic E-state index is 0.0941. The lowest BCUT2D eigenvalue weighted by atomic mass is 9.87. The molecular weight excluding hydrogens is 620 g/mol. The lowest BCUT2D eigenvalue weighted by Gasteiger charge is -2.19. The number of aryl methyl sites for hydroxylation is 2. The molecule has 4 aromatic carbocycles. The number of hydrogen-bond donors (Lipinski definition) is 8. The van der Waals surface area contributed by atoms with Crippen molar-refractivity contribution in [1.29, 1.82) is 0 Å². The van der Waals surface area contributed by atoms with Gasteiger partial charge in [-0.3, -0.25) is 9.59 Å². The molecule has 0 unspecified atom stereocenters. The predicted molar refractivity (Wildman–Crippen MR) is 161 cm³/mol. The van der Waals surface area contributed by atoms with Gasteiger partial charge in [0.1, 0.15) is 68.2 Å².